The van der Waals surface area contributed by atoms with Gasteiger partial charge >= 0.3 is 5.97 Å². The van der Waals surface area contributed by atoms with E-state index < -0.39 is 18.2 Å². The molecule has 0 aromatic heterocycles. The minimum absolute atomic E-state index is 0.0689. The second-order valence-corrected chi connectivity index (χ2v) is 18.6. The average Bonchev–Trinajstić information content (AvgIpc) is 3.26. The minimum Gasteiger partial charge on any atom is -0.462 e. The van der Waals surface area contributed by atoms with Crippen molar-refractivity contribution in [3.05, 3.63) is 36.5 Å². The summed E-state index contributed by atoms with van der Waals surface area (Å²) in [7, 11) is 0. The summed E-state index contributed by atoms with van der Waals surface area (Å²) in [5, 5.41) is 23.8. The first-order chi connectivity index (χ1) is 30.5. The van der Waals surface area contributed by atoms with Gasteiger partial charge in [-0.15, -0.1) is 0 Å². The Balaban J connectivity index is 4.58. The van der Waals surface area contributed by atoms with Gasteiger partial charge in [0.05, 0.1) is 25.2 Å². The van der Waals surface area contributed by atoms with Gasteiger partial charge in [0.1, 0.15) is 6.10 Å². The summed E-state index contributed by atoms with van der Waals surface area (Å²) in [6.07, 6.45) is 59.2. The van der Waals surface area contributed by atoms with Crippen molar-refractivity contribution in [1.29, 1.82) is 0 Å². The van der Waals surface area contributed by atoms with Crippen molar-refractivity contribution in [2.75, 3.05) is 6.61 Å². The molecule has 0 aliphatic heterocycles. The summed E-state index contributed by atoms with van der Waals surface area (Å²) in [5.41, 5.74) is 0. The van der Waals surface area contributed by atoms with Crippen molar-refractivity contribution in [3.8, 4) is 0 Å². The zero-order valence-electron chi connectivity index (χ0n) is 41.5. The number of unbranched alkanes of at least 4 members (excludes halogenated alkanes) is 31. The van der Waals surface area contributed by atoms with Crippen molar-refractivity contribution >= 4 is 11.9 Å². The quantitative estimate of drug-likeness (QED) is 0.0321. The first kappa shape index (κ1) is 60.1. The van der Waals surface area contributed by atoms with Gasteiger partial charge in [-0.1, -0.05) is 224 Å². The number of hydrogen-bond acceptors (Lipinski definition) is 5. The van der Waals surface area contributed by atoms with Gasteiger partial charge in [0, 0.05) is 6.42 Å². The molecule has 0 aromatic carbocycles. The Bertz CT molecular complexity index is 1020. The minimum atomic E-state index is -0.790. The lowest BCUT2D eigenvalue weighted by atomic mass is 10.0. The lowest BCUT2D eigenvalue weighted by Gasteiger charge is -2.24. The Morgan fingerprint density at radius 1 is 0.468 bits per heavy atom. The maximum atomic E-state index is 13.2. The van der Waals surface area contributed by atoms with E-state index in [0.29, 0.717) is 19.3 Å². The molecule has 0 bridgehead atoms. The molecule has 3 N–H and O–H groups in total. The van der Waals surface area contributed by atoms with Crippen molar-refractivity contribution in [1.82, 2.24) is 5.32 Å². The Kier molecular flexibility index (Phi) is 48.5. The number of nitrogens with one attached hydrogen (secondary N) is 1. The highest BCUT2D eigenvalue weighted by molar-refractivity contribution is 5.77. The van der Waals surface area contributed by atoms with E-state index >= 15 is 0 Å². The molecule has 6 nitrogen and oxygen atoms in total. The molecule has 3 unspecified atom stereocenters. The Morgan fingerprint density at radius 3 is 1.27 bits per heavy atom. The lowest BCUT2D eigenvalue weighted by molar-refractivity contribution is -0.151. The predicted octanol–water partition coefficient (Wildman–Crippen LogP) is 16.5. The SMILES string of the molecule is CCCCC/C=C\C/C=C\CCCCCCCC(CC(=O)NC(CO)C(O)CCCCCCCCCCCCC)OC(=O)CCCCCCCCC/C=C/CCCCCCCC. The van der Waals surface area contributed by atoms with Gasteiger partial charge in [0.25, 0.3) is 0 Å². The summed E-state index contributed by atoms with van der Waals surface area (Å²) in [5.74, 6) is -0.482. The zero-order chi connectivity index (χ0) is 45.2. The Labute approximate surface area is 385 Å². The average molecular weight is 872 g/mol. The van der Waals surface area contributed by atoms with E-state index in [1.165, 1.54) is 167 Å². The zero-order valence-corrected chi connectivity index (χ0v) is 41.5. The van der Waals surface area contributed by atoms with Gasteiger partial charge in [0.15, 0.2) is 0 Å². The van der Waals surface area contributed by atoms with Crippen LogP contribution in [0, 0.1) is 0 Å². The van der Waals surface area contributed by atoms with E-state index in [2.05, 4.69) is 62.5 Å². The lowest BCUT2D eigenvalue weighted by Crippen LogP contribution is -2.46. The van der Waals surface area contributed by atoms with Gasteiger partial charge < -0.3 is 20.3 Å². The Hall–Kier alpha value is -1.92. The van der Waals surface area contributed by atoms with E-state index in [1.54, 1.807) is 0 Å². The highest BCUT2D eigenvalue weighted by Crippen LogP contribution is 2.18. The van der Waals surface area contributed by atoms with Gasteiger partial charge in [-0.25, -0.2) is 0 Å². The molecular formula is C56H105NO5. The van der Waals surface area contributed by atoms with Crippen LogP contribution in [-0.2, 0) is 14.3 Å². The molecule has 0 saturated carbocycles. The fourth-order valence-electron chi connectivity index (χ4n) is 8.28. The van der Waals surface area contributed by atoms with E-state index in [-0.39, 0.29) is 24.9 Å². The number of hydrogen-bond donors (Lipinski definition) is 3. The molecule has 0 aliphatic rings. The molecule has 0 spiro atoms. The molecule has 62 heavy (non-hydrogen) atoms. The first-order valence-corrected chi connectivity index (χ1v) is 27.2. The fraction of sp³-hybridized carbons (Fsp3) is 0.857. The van der Waals surface area contributed by atoms with E-state index in [1.807, 2.05) is 0 Å². The number of rotatable bonds is 49. The number of amides is 1. The topological polar surface area (TPSA) is 95.9 Å². The molecule has 3 atom stereocenters. The molecule has 0 heterocycles. The summed E-state index contributed by atoms with van der Waals surface area (Å²) < 4.78 is 5.94. The van der Waals surface area contributed by atoms with Crippen LogP contribution in [-0.4, -0.2) is 46.9 Å². The fourth-order valence-corrected chi connectivity index (χ4v) is 8.28. The van der Waals surface area contributed by atoms with Crippen LogP contribution in [0.5, 0.6) is 0 Å². The monoisotopic (exact) mass is 872 g/mol. The molecule has 0 aliphatic carbocycles. The Morgan fingerprint density at radius 2 is 0.823 bits per heavy atom. The highest BCUT2D eigenvalue weighted by Gasteiger charge is 2.24. The molecule has 0 saturated heterocycles. The maximum absolute atomic E-state index is 13.2. The van der Waals surface area contributed by atoms with Crippen molar-refractivity contribution < 1.29 is 24.5 Å². The summed E-state index contributed by atoms with van der Waals surface area (Å²) in [6.45, 7) is 6.46. The number of aliphatic hydroxyl groups is 2. The molecule has 0 radical (unpaired) electrons. The highest BCUT2D eigenvalue weighted by atomic mass is 16.5. The van der Waals surface area contributed by atoms with Crippen LogP contribution < -0.4 is 5.32 Å². The van der Waals surface area contributed by atoms with Crippen molar-refractivity contribution in [2.24, 2.45) is 0 Å². The van der Waals surface area contributed by atoms with E-state index in [0.717, 1.165) is 70.6 Å². The van der Waals surface area contributed by atoms with Crippen LogP contribution in [0.3, 0.4) is 0 Å². The molecule has 0 fully saturated rings. The molecule has 1 amide bonds. The molecular weight excluding hydrogens is 767 g/mol. The molecule has 0 rings (SSSR count). The van der Waals surface area contributed by atoms with Gasteiger partial charge in [0.2, 0.25) is 5.91 Å². The predicted molar refractivity (Wildman–Crippen MR) is 269 cm³/mol. The van der Waals surface area contributed by atoms with Crippen molar-refractivity contribution in [3.63, 3.8) is 0 Å². The van der Waals surface area contributed by atoms with Gasteiger partial charge in [-0.3, -0.25) is 9.59 Å². The molecule has 364 valence electrons. The normalized spacial score (nSPS) is 13.4. The number of ether oxygens (including phenoxy) is 1. The standard InChI is InChI=1S/C56H105NO5/c1-4-7-10-13-16-19-22-24-26-27-29-31-34-37-40-43-46-49-56(61)62-52(47-44-41-38-35-33-30-28-25-23-20-17-14-11-8-5-2)50-55(60)57-53(51-58)54(59)48-45-42-39-36-32-21-18-15-12-9-6-3/h17,20,24-26,28,52-54,58-59H,4-16,18-19,21-23,27,29-51H2,1-3H3,(H,57,60)/b20-17-,26-24+,28-25-. The van der Waals surface area contributed by atoms with Gasteiger partial charge in [-0.05, 0) is 83.5 Å². The number of carbonyl (C=O) groups excluding carboxylic acids is 2. The van der Waals surface area contributed by atoms with Crippen LogP contribution in [0.15, 0.2) is 36.5 Å². The number of esters is 1. The van der Waals surface area contributed by atoms with Crippen LogP contribution in [0.25, 0.3) is 0 Å². The van der Waals surface area contributed by atoms with Crippen LogP contribution >= 0.6 is 0 Å². The van der Waals surface area contributed by atoms with E-state index in [4.69, 9.17) is 4.74 Å². The van der Waals surface area contributed by atoms with Crippen LogP contribution in [0.4, 0.5) is 0 Å². The third kappa shape index (κ3) is 44.7. The first-order valence-electron chi connectivity index (χ1n) is 27.2. The maximum Gasteiger partial charge on any atom is 0.306 e. The summed E-state index contributed by atoms with van der Waals surface area (Å²) >= 11 is 0. The van der Waals surface area contributed by atoms with E-state index in [9.17, 15) is 19.8 Å². The number of carbonyl (C=O) groups is 2. The molecule has 6 heteroatoms. The summed E-state index contributed by atoms with van der Waals surface area (Å²) in [4.78, 5) is 26.2. The third-order valence-corrected chi connectivity index (χ3v) is 12.4. The smallest absolute Gasteiger partial charge is 0.306 e. The van der Waals surface area contributed by atoms with Gasteiger partial charge in [-0.2, -0.15) is 0 Å². The third-order valence-electron chi connectivity index (χ3n) is 12.4. The van der Waals surface area contributed by atoms with Crippen LogP contribution in [0.2, 0.25) is 0 Å². The largest absolute Gasteiger partial charge is 0.462 e. The summed E-state index contributed by atoms with van der Waals surface area (Å²) in [6, 6.07) is -0.704. The second kappa shape index (κ2) is 50.1. The second-order valence-electron chi connectivity index (χ2n) is 18.6. The number of aliphatic hydroxyl groups excluding tert-OH is 2. The van der Waals surface area contributed by atoms with Crippen molar-refractivity contribution in [2.45, 2.75) is 302 Å². The number of allylic oxidation sites excluding steroid dienone is 6. The van der Waals surface area contributed by atoms with Crippen LogP contribution in [0.1, 0.15) is 284 Å². The molecule has 0 aromatic rings.